The van der Waals surface area contributed by atoms with Crippen LogP contribution < -0.4 is 5.32 Å². The van der Waals surface area contributed by atoms with Crippen LogP contribution in [-0.4, -0.2) is 25.0 Å². The molecule has 0 saturated carbocycles. The summed E-state index contributed by atoms with van der Waals surface area (Å²) in [6, 6.07) is 1.93. The highest BCUT2D eigenvalue weighted by molar-refractivity contribution is 9.11. The number of halogens is 1. The Bertz CT molecular complexity index is 298. The van der Waals surface area contributed by atoms with Crippen LogP contribution in [0.4, 0.5) is 4.79 Å². The third-order valence-electron chi connectivity index (χ3n) is 1.47. The first-order valence-corrected chi connectivity index (χ1v) is 5.45. The fourth-order valence-corrected chi connectivity index (χ4v) is 1.98. The summed E-state index contributed by atoms with van der Waals surface area (Å²) in [5.41, 5.74) is 1.12. The number of nitrogens with one attached hydrogen (secondary N) is 1. The Balaban J connectivity index is 2.39. The predicted octanol–water partition coefficient (Wildman–Crippen LogP) is 2.28. The second-order valence-electron chi connectivity index (χ2n) is 2.81. The third-order valence-corrected chi connectivity index (χ3v) is 3.02. The molecule has 13 heavy (non-hydrogen) atoms. The van der Waals surface area contributed by atoms with Crippen LogP contribution in [0.5, 0.6) is 0 Å². The number of carbonyl (C=O) groups excluding carboxylic acids is 1. The van der Waals surface area contributed by atoms with Crippen LogP contribution in [0.15, 0.2) is 15.2 Å². The molecule has 0 aliphatic rings. The first-order chi connectivity index (χ1) is 6.09. The van der Waals surface area contributed by atoms with Gasteiger partial charge >= 0.3 is 6.03 Å². The number of amides is 2. The van der Waals surface area contributed by atoms with Gasteiger partial charge in [0.05, 0.1) is 3.79 Å². The second kappa shape index (κ2) is 4.62. The van der Waals surface area contributed by atoms with Crippen LogP contribution in [0.25, 0.3) is 0 Å². The Hall–Kier alpha value is -0.550. The first-order valence-electron chi connectivity index (χ1n) is 3.77. The van der Waals surface area contributed by atoms with E-state index < -0.39 is 0 Å². The van der Waals surface area contributed by atoms with Gasteiger partial charge in [-0.15, -0.1) is 11.3 Å². The van der Waals surface area contributed by atoms with Gasteiger partial charge in [-0.2, -0.15) is 0 Å². The highest BCUT2D eigenvalue weighted by Gasteiger charge is 2.03. The number of thiophene rings is 1. The summed E-state index contributed by atoms with van der Waals surface area (Å²) in [4.78, 5) is 12.6. The largest absolute Gasteiger partial charge is 0.334 e. The highest BCUT2D eigenvalue weighted by atomic mass is 79.9. The van der Waals surface area contributed by atoms with Gasteiger partial charge in [0.1, 0.15) is 0 Å². The van der Waals surface area contributed by atoms with E-state index in [2.05, 4.69) is 21.2 Å². The maximum absolute atomic E-state index is 11.1. The average molecular weight is 263 g/mol. The van der Waals surface area contributed by atoms with Crippen molar-refractivity contribution in [2.45, 2.75) is 6.54 Å². The van der Waals surface area contributed by atoms with E-state index in [4.69, 9.17) is 0 Å². The van der Waals surface area contributed by atoms with Crippen molar-refractivity contribution in [1.82, 2.24) is 10.2 Å². The number of hydrogen-bond donors (Lipinski definition) is 1. The van der Waals surface area contributed by atoms with E-state index in [1.54, 1.807) is 25.4 Å². The van der Waals surface area contributed by atoms with Crippen LogP contribution in [0, 0.1) is 0 Å². The molecule has 72 valence electrons. The van der Waals surface area contributed by atoms with Crippen molar-refractivity contribution in [1.29, 1.82) is 0 Å². The zero-order chi connectivity index (χ0) is 9.84. The van der Waals surface area contributed by atoms with Crippen molar-refractivity contribution in [3.05, 3.63) is 20.8 Å². The smallest absolute Gasteiger partial charge is 0.317 e. The SMILES string of the molecule is CN(C)C(=O)NCc1csc(Br)c1. The summed E-state index contributed by atoms with van der Waals surface area (Å²) in [5, 5.41) is 4.80. The minimum atomic E-state index is -0.0673. The molecule has 0 radical (unpaired) electrons. The maximum Gasteiger partial charge on any atom is 0.317 e. The van der Waals surface area contributed by atoms with Crippen LogP contribution in [-0.2, 0) is 6.54 Å². The second-order valence-corrected chi connectivity index (χ2v) is 5.10. The molecular weight excluding hydrogens is 252 g/mol. The zero-order valence-electron chi connectivity index (χ0n) is 7.50. The molecule has 3 nitrogen and oxygen atoms in total. The van der Waals surface area contributed by atoms with E-state index in [1.807, 2.05) is 11.4 Å². The first kappa shape index (κ1) is 10.5. The fraction of sp³-hybridized carbons (Fsp3) is 0.375. The highest BCUT2D eigenvalue weighted by Crippen LogP contribution is 2.20. The van der Waals surface area contributed by atoms with Crippen LogP contribution in [0.3, 0.4) is 0 Å². The van der Waals surface area contributed by atoms with Crippen LogP contribution in [0.1, 0.15) is 5.56 Å². The van der Waals surface area contributed by atoms with Gasteiger partial charge in [-0.1, -0.05) is 0 Å². The summed E-state index contributed by atoms with van der Waals surface area (Å²) in [6.07, 6.45) is 0. The van der Waals surface area contributed by atoms with E-state index in [-0.39, 0.29) is 6.03 Å². The lowest BCUT2D eigenvalue weighted by Gasteiger charge is -2.10. The Morgan fingerprint density at radius 1 is 1.69 bits per heavy atom. The third kappa shape index (κ3) is 3.36. The molecule has 0 atom stereocenters. The summed E-state index contributed by atoms with van der Waals surface area (Å²) < 4.78 is 1.08. The van der Waals surface area contributed by atoms with Gasteiger partial charge in [0.25, 0.3) is 0 Å². The van der Waals surface area contributed by atoms with Crippen molar-refractivity contribution in [2.24, 2.45) is 0 Å². The van der Waals surface area contributed by atoms with Gasteiger partial charge in [0, 0.05) is 20.6 Å². The number of carbonyl (C=O) groups is 1. The fourth-order valence-electron chi connectivity index (χ4n) is 0.774. The molecular formula is C8H11BrN2OS. The Morgan fingerprint density at radius 3 is 2.85 bits per heavy atom. The maximum atomic E-state index is 11.1. The lowest BCUT2D eigenvalue weighted by molar-refractivity contribution is 0.217. The minimum absolute atomic E-state index is 0.0673. The lowest BCUT2D eigenvalue weighted by Crippen LogP contribution is -2.33. The van der Waals surface area contributed by atoms with Gasteiger partial charge in [-0.3, -0.25) is 0 Å². The monoisotopic (exact) mass is 262 g/mol. The molecule has 1 heterocycles. The lowest BCUT2D eigenvalue weighted by atomic mass is 10.3. The van der Waals surface area contributed by atoms with Crippen LogP contribution in [0.2, 0.25) is 0 Å². The number of nitrogens with zero attached hydrogens (tertiary/aromatic N) is 1. The normalized spacial score (nSPS) is 9.77. The van der Waals surface area contributed by atoms with Gasteiger partial charge in [0.2, 0.25) is 0 Å². The topological polar surface area (TPSA) is 32.3 Å². The van der Waals surface area contributed by atoms with Crippen LogP contribution >= 0.6 is 27.3 Å². The summed E-state index contributed by atoms with van der Waals surface area (Å²) in [7, 11) is 3.44. The number of rotatable bonds is 2. The average Bonchev–Trinajstić information content (AvgIpc) is 2.47. The van der Waals surface area contributed by atoms with Crippen molar-refractivity contribution in [2.75, 3.05) is 14.1 Å². The van der Waals surface area contributed by atoms with E-state index >= 15 is 0 Å². The molecule has 0 saturated heterocycles. The molecule has 2 amide bonds. The van der Waals surface area contributed by atoms with Gasteiger partial charge in [-0.25, -0.2) is 4.79 Å². The van der Waals surface area contributed by atoms with Crippen molar-refractivity contribution in [3.8, 4) is 0 Å². The van der Waals surface area contributed by atoms with Gasteiger partial charge in [0.15, 0.2) is 0 Å². The molecule has 1 rings (SSSR count). The van der Waals surface area contributed by atoms with Crippen molar-refractivity contribution >= 4 is 33.3 Å². The summed E-state index contributed by atoms with van der Waals surface area (Å²) in [6.45, 7) is 0.582. The quantitative estimate of drug-likeness (QED) is 0.872. The molecule has 5 heteroatoms. The Morgan fingerprint density at radius 2 is 2.38 bits per heavy atom. The molecule has 0 aliphatic heterocycles. The van der Waals surface area contributed by atoms with Crippen molar-refractivity contribution in [3.63, 3.8) is 0 Å². The molecule has 1 N–H and O–H groups in total. The predicted molar refractivity (Wildman–Crippen MR) is 57.9 cm³/mol. The molecule has 0 aliphatic carbocycles. The van der Waals surface area contributed by atoms with E-state index in [0.29, 0.717) is 6.54 Å². The molecule has 0 aromatic carbocycles. The molecule has 0 bridgehead atoms. The number of urea groups is 1. The molecule has 1 aromatic heterocycles. The molecule has 0 fully saturated rings. The minimum Gasteiger partial charge on any atom is -0.334 e. The molecule has 1 aromatic rings. The van der Waals surface area contributed by atoms with E-state index in [0.717, 1.165) is 9.35 Å². The summed E-state index contributed by atoms with van der Waals surface area (Å²) in [5.74, 6) is 0. The van der Waals surface area contributed by atoms with Crippen molar-refractivity contribution < 1.29 is 4.79 Å². The summed E-state index contributed by atoms with van der Waals surface area (Å²) >= 11 is 4.98. The number of hydrogen-bond acceptors (Lipinski definition) is 2. The molecule has 0 unspecified atom stereocenters. The zero-order valence-corrected chi connectivity index (χ0v) is 9.91. The van der Waals surface area contributed by atoms with E-state index in [1.165, 1.54) is 4.90 Å². The molecule has 0 spiro atoms. The van der Waals surface area contributed by atoms with Gasteiger partial charge in [-0.05, 0) is 32.9 Å². The Labute approximate surface area is 89.9 Å². The van der Waals surface area contributed by atoms with Gasteiger partial charge < -0.3 is 10.2 Å². The standard InChI is InChI=1S/C8H11BrN2OS/c1-11(2)8(12)10-4-6-3-7(9)13-5-6/h3,5H,4H2,1-2H3,(H,10,12). The Kier molecular flexibility index (Phi) is 3.74. The van der Waals surface area contributed by atoms with E-state index in [9.17, 15) is 4.79 Å².